The first kappa shape index (κ1) is 14.4. The predicted molar refractivity (Wildman–Crippen MR) is 70.7 cm³/mol. The topological polar surface area (TPSA) is 52.4 Å². The van der Waals surface area contributed by atoms with Crippen molar-refractivity contribution in [3.63, 3.8) is 0 Å². The van der Waals surface area contributed by atoms with E-state index in [-0.39, 0.29) is 5.69 Å². The number of nitrogens with zero attached hydrogens (tertiary/aromatic N) is 2. The van der Waals surface area contributed by atoms with Gasteiger partial charge in [-0.15, -0.1) is 0 Å². The maximum absolute atomic E-state index is 10.5. The SMILES string of the molecule is C[N+](C)(C)CCCCOc1ccc([N+](=O)[O-])cc1. The second kappa shape index (κ2) is 6.35. The maximum atomic E-state index is 10.5. The highest BCUT2D eigenvalue weighted by atomic mass is 16.6. The average molecular weight is 253 g/mol. The summed E-state index contributed by atoms with van der Waals surface area (Å²) >= 11 is 0. The molecule has 1 aromatic rings. The molecule has 18 heavy (non-hydrogen) atoms. The molecule has 100 valence electrons. The van der Waals surface area contributed by atoms with E-state index in [1.807, 2.05) is 0 Å². The van der Waals surface area contributed by atoms with E-state index >= 15 is 0 Å². The molecule has 0 spiro atoms. The van der Waals surface area contributed by atoms with Gasteiger partial charge in [0.15, 0.2) is 0 Å². The van der Waals surface area contributed by atoms with Crippen LogP contribution in [0.3, 0.4) is 0 Å². The van der Waals surface area contributed by atoms with Gasteiger partial charge >= 0.3 is 0 Å². The Morgan fingerprint density at radius 3 is 2.28 bits per heavy atom. The number of nitro benzene ring substituents is 1. The van der Waals surface area contributed by atoms with E-state index in [0.29, 0.717) is 12.4 Å². The number of non-ortho nitro benzene ring substituents is 1. The van der Waals surface area contributed by atoms with Crippen LogP contribution in [0.5, 0.6) is 5.75 Å². The Hall–Kier alpha value is -1.62. The molecule has 0 aliphatic carbocycles. The molecule has 0 radical (unpaired) electrons. The Kier molecular flexibility index (Phi) is 5.09. The fourth-order valence-electron chi connectivity index (χ4n) is 1.54. The fraction of sp³-hybridized carbons (Fsp3) is 0.538. The fourth-order valence-corrected chi connectivity index (χ4v) is 1.54. The molecule has 1 rings (SSSR count). The highest BCUT2D eigenvalue weighted by Crippen LogP contribution is 2.17. The van der Waals surface area contributed by atoms with Crippen molar-refractivity contribution in [3.05, 3.63) is 34.4 Å². The molecule has 0 unspecified atom stereocenters. The van der Waals surface area contributed by atoms with Crippen molar-refractivity contribution in [2.75, 3.05) is 34.3 Å². The summed E-state index contributed by atoms with van der Waals surface area (Å²) in [7, 11) is 6.49. The van der Waals surface area contributed by atoms with E-state index < -0.39 is 4.92 Å². The van der Waals surface area contributed by atoms with Gasteiger partial charge in [-0.05, 0) is 25.0 Å². The number of unbranched alkanes of at least 4 members (excludes halogenated alkanes) is 1. The normalized spacial score (nSPS) is 11.3. The van der Waals surface area contributed by atoms with Crippen LogP contribution in [-0.4, -0.2) is 43.7 Å². The minimum Gasteiger partial charge on any atom is -0.494 e. The third kappa shape index (κ3) is 5.63. The monoisotopic (exact) mass is 253 g/mol. The number of rotatable bonds is 7. The van der Waals surface area contributed by atoms with Crippen molar-refractivity contribution < 1.29 is 14.1 Å². The molecule has 1 aromatic carbocycles. The summed E-state index contributed by atoms with van der Waals surface area (Å²) in [5.41, 5.74) is 0.0902. The summed E-state index contributed by atoms with van der Waals surface area (Å²) < 4.78 is 6.48. The predicted octanol–water partition coefficient (Wildman–Crippen LogP) is 2.46. The van der Waals surface area contributed by atoms with Crippen molar-refractivity contribution in [2.24, 2.45) is 0 Å². The molecule has 0 heterocycles. The Bertz CT molecular complexity index is 382. The standard InChI is InChI=1S/C13H21N2O3/c1-15(2,3)10-4-5-11-18-13-8-6-12(7-9-13)14(16)17/h6-9H,4-5,10-11H2,1-3H3/q+1. The van der Waals surface area contributed by atoms with Crippen LogP contribution in [0, 0.1) is 10.1 Å². The summed E-state index contributed by atoms with van der Waals surface area (Å²) in [5.74, 6) is 0.686. The van der Waals surface area contributed by atoms with Gasteiger partial charge in [-0.2, -0.15) is 0 Å². The van der Waals surface area contributed by atoms with Gasteiger partial charge in [0.25, 0.3) is 5.69 Å². The highest BCUT2D eigenvalue weighted by Gasteiger charge is 2.06. The van der Waals surface area contributed by atoms with E-state index in [2.05, 4.69) is 21.1 Å². The summed E-state index contributed by atoms with van der Waals surface area (Å²) in [6.45, 7) is 1.77. The average Bonchev–Trinajstić information content (AvgIpc) is 2.27. The van der Waals surface area contributed by atoms with Crippen molar-refractivity contribution in [1.29, 1.82) is 0 Å². The Labute approximate surface area is 108 Å². The number of hydrogen-bond acceptors (Lipinski definition) is 3. The molecule has 0 amide bonds. The minimum absolute atomic E-state index is 0.0902. The van der Waals surface area contributed by atoms with E-state index in [1.54, 1.807) is 12.1 Å². The molecule has 0 fully saturated rings. The number of ether oxygens (including phenoxy) is 1. The minimum atomic E-state index is -0.412. The quantitative estimate of drug-likeness (QED) is 0.324. The van der Waals surface area contributed by atoms with Crippen LogP contribution in [0.4, 0.5) is 5.69 Å². The first-order chi connectivity index (χ1) is 8.38. The largest absolute Gasteiger partial charge is 0.494 e. The first-order valence-electron chi connectivity index (χ1n) is 6.06. The zero-order valence-corrected chi connectivity index (χ0v) is 11.3. The lowest BCUT2D eigenvalue weighted by molar-refractivity contribution is -0.870. The van der Waals surface area contributed by atoms with Crippen LogP contribution >= 0.6 is 0 Å². The molecule has 5 nitrogen and oxygen atoms in total. The first-order valence-corrected chi connectivity index (χ1v) is 6.06. The van der Waals surface area contributed by atoms with Gasteiger partial charge in [0.05, 0.1) is 39.2 Å². The van der Waals surface area contributed by atoms with Gasteiger partial charge in [0.2, 0.25) is 0 Å². The van der Waals surface area contributed by atoms with Gasteiger partial charge in [-0.25, -0.2) is 0 Å². The third-order valence-corrected chi connectivity index (χ3v) is 2.54. The van der Waals surface area contributed by atoms with Crippen molar-refractivity contribution >= 4 is 5.69 Å². The number of hydrogen-bond donors (Lipinski definition) is 0. The van der Waals surface area contributed by atoms with Crippen LogP contribution in [-0.2, 0) is 0 Å². The molecule has 0 aliphatic rings. The van der Waals surface area contributed by atoms with Crippen LogP contribution in [0.1, 0.15) is 12.8 Å². The van der Waals surface area contributed by atoms with Gasteiger partial charge in [0, 0.05) is 12.1 Å². The van der Waals surface area contributed by atoms with Crippen LogP contribution in [0.25, 0.3) is 0 Å². The molecule has 0 bridgehead atoms. The molecule has 0 saturated carbocycles. The van der Waals surface area contributed by atoms with Crippen LogP contribution < -0.4 is 4.74 Å². The van der Waals surface area contributed by atoms with E-state index in [4.69, 9.17) is 4.74 Å². The zero-order valence-electron chi connectivity index (χ0n) is 11.3. The summed E-state index contributed by atoms with van der Waals surface area (Å²) in [6, 6.07) is 6.19. The molecule has 0 N–H and O–H groups in total. The summed E-state index contributed by atoms with van der Waals surface area (Å²) in [4.78, 5) is 10.1. The lowest BCUT2D eigenvalue weighted by Crippen LogP contribution is -2.35. The second-order valence-corrected chi connectivity index (χ2v) is 5.32. The lowest BCUT2D eigenvalue weighted by atomic mass is 10.3. The molecule has 0 aliphatic heterocycles. The van der Waals surface area contributed by atoms with Crippen LogP contribution in [0.2, 0.25) is 0 Å². The van der Waals surface area contributed by atoms with Gasteiger partial charge in [-0.3, -0.25) is 10.1 Å². The van der Waals surface area contributed by atoms with Gasteiger partial charge in [0.1, 0.15) is 5.75 Å². The van der Waals surface area contributed by atoms with Crippen molar-refractivity contribution in [3.8, 4) is 5.75 Å². The smallest absolute Gasteiger partial charge is 0.269 e. The Balaban J connectivity index is 2.25. The zero-order chi connectivity index (χ0) is 13.6. The summed E-state index contributed by atoms with van der Waals surface area (Å²) in [6.07, 6.45) is 2.10. The molecule has 0 aromatic heterocycles. The molecular formula is C13H21N2O3+. The number of benzene rings is 1. The number of nitro groups is 1. The maximum Gasteiger partial charge on any atom is 0.269 e. The third-order valence-electron chi connectivity index (χ3n) is 2.54. The summed E-state index contributed by atoms with van der Waals surface area (Å²) in [5, 5.41) is 10.5. The molecule has 0 saturated heterocycles. The van der Waals surface area contributed by atoms with Gasteiger partial charge in [-0.1, -0.05) is 0 Å². The molecule has 5 heteroatoms. The van der Waals surface area contributed by atoms with Crippen LogP contribution in [0.15, 0.2) is 24.3 Å². The number of quaternary nitrogens is 1. The van der Waals surface area contributed by atoms with Gasteiger partial charge < -0.3 is 9.22 Å². The van der Waals surface area contributed by atoms with E-state index in [9.17, 15) is 10.1 Å². The van der Waals surface area contributed by atoms with E-state index in [0.717, 1.165) is 23.9 Å². The molecular weight excluding hydrogens is 232 g/mol. The highest BCUT2D eigenvalue weighted by molar-refractivity contribution is 5.35. The van der Waals surface area contributed by atoms with Crippen molar-refractivity contribution in [2.45, 2.75) is 12.8 Å². The lowest BCUT2D eigenvalue weighted by Gasteiger charge is -2.23. The van der Waals surface area contributed by atoms with Crippen molar-refractivity contribution in [1.82, 2.24) is 0 Å². The Morgan fingerprint density at radius 2 is 1.78 bits per heavy atom. The second-order valence-electron chi connectivity index (χ2n) is 5.32. The van der Waals surface area contributed by atoms with E-state index in [1.165, 1.54) is 12.1 Å². The molecule has 0 atom stereocenters. The Morgan fingerprint density at radius 1 is 1.17 bits per heavy atom.